The Morgan fingerprint density at radius 1 is 1.19 bits per heavy atom. The summed E-state index contributed by atoms with van der Waals surface area (Å²) in [6, 6.07) is 9.84. The smallest absolute Gasteiger partial charge is 0.250 e. The van der Waals surface area contributed by atoms with Gasteiger partial charge in [-0.05, 0) is 12.0 Å². The molecule has 1 nitrogen and oxygen atoms in total. The lowest BCUT2D eigenvalue weighted by Crippen LogP contribution is -2.26. The van der Waals surface area contributed by atoms with Crippen LogP contribution in [0, 0.1) is 0 Å². The van der Waals surface area contributed by atoms with Crippen molar-refractivity contribution in [1.82, 2.24) is 5.32 Å². The second-order valence-electron chi connectivity index (χ2n) is 3.90. The molecule has 90 valence electrons. The maximum absolute atomic E-state index is 12.2. The maximum Gasteiger partial charge on any atom is 0.250 e. The molecule has 0 aliphatic rings. The third-order valence-corrected chi connectivity index (χ3v) is 2.57. The molecule has 1 aromatic carbocycles. The van der Waals surface area contributed by atoms with Gasteiger partial charge in [0.15, 0.2) is 0 Å². The largest absolute Gasteiger partial charge is 0.305 e. The van der Waals surface area contributed by atoms with Crippen LogP contribution >= 0.6 is 0 Å². The topological polar surface area (TPSA) is 12.0 Å². The summed E-state index contributed by atoms with van der Waals surface area (Å²) >= 11 is 0. The highest BCUT2D eigenvalue weighted by Gasteiger charge is 2.12. The minimum Gasteiger partial charge on any atom is -0.305 e. The number of halogens is 2. The van der Waals surface area contributed by atoms with Gasteiger partial charge >= 0.3 is 0 Å². The van der Waals surface area contributed by atoms with Crippen LogP contribution in [-0.4, -0.2) is 13.0 Å². The van der Waals surface area contributed by atoms with Crippen molar-refractivity contribution in [3.05, 3.63) is 35.9 Å². The van der Waals surface area contributed by atoms with Crippen LogP contribution in [0.4, 0.5) is 8.78 Å². The van der Waals surface area contributed by atoms with E-state index in [1.54, 1.807) is 0 Å². The van der Waals surface area contributed by atoms with Crippen LogP contribution in [0.25, 0.3) is 0 Å². The summed E-state index contributed by atoms with van der Waals surface area (Å²) in [5.41, 5.74) is 1.09. The van der Waals surface area contributed by atoms with E-state index in [1.807, 2.05) is 30.3 Å². The fourth-order valence-electron chi connectivity index (χ4n) is 1.71. The summed E-state index contributed by atoms with van der Waals surface area (Å²) in [6.07, 6.45) is 0.760. The Morgan fingerprint density at radius 3 is 2.44 bits per heavy atom. The van der Waals surface area contributed by atoms with E-state index in [2.05, 4.69) is 12.2 Å². The highest BCUT2D eigenvalue weighted by molar-refractivity contribution is 5.18. The Morgan fingerprint density at radius 2 is 1.88 bits per heavy atom. The van der Waals surface area contributed by atoms with Crippen molar-refractivity contribution in [3.8, 4) is 0 Å². The number of nitrogens with one attached hydrogen (secondary N) is 1. The first-order valence-electron chi connectivity index (χ1n) is 5.80. The zero-order valence-corrected chi connectivity index (χ0v) is 9.63. The molecule has 0 spiro atoms. The molecule has 1 unspecified atom stereocenters. The van der Waals surface area contributed by atoms with E-state index >= 15 is 0 Å². The van der Waals surface area contributed by atoms with Crippen LogP contribution < -0.4 is 5.32 Å². The summed E-state index contributed by atoms with van der Waals surface area (Å²) < 4.78 is 24.3. The Bertz CT molecular complexity index is 275. The van der Waals surface area contributed by atoms with Crippen molar-refractivity contribution in [1.29, 1.82) is 0 Å². The van der Waals surface area contributed by atoms with Gasteiger partial charge in [-0.25, -0.2) is 8.78 Å². The van der Waals surface area contributed by atoms with Crippen molar-refractivity contribution >= 4 is 0 Å². The van der Waals surface area contributed by atoms with E-state index in [-0.39, 0.29) is 12.6 Å². The fraction of sp³-hybridized carbons (Fsp3) is 0.538. The highest BCUT2D eigenvalue weighted by atomic mass is 19.3. The van der Waals surface area contributed by atoms with Gasteiger partial charge in [0.25, 0.3) is 6.43 Å². The van der Waals surface area contributed by atoms with Crippen molar-refractivity contribution in [2.24, 2.45) is 0 Å². The molecule has 0 aromatic heterocycles. The molecule has 0 amide bonds. The predicted molar refractivity (Wildman–Crippen MR) is 62.7 cm³/mol. The average Bonchev–Trinajstić information content (AvgIpc) is 2.30. The SMILES string of the molecule is CCCCC(NCC(F)F)c1ccccc1. The molecule has 0 fully saturated rings. The van der Waals surface area contributed by atoms with E-state index in [4.69, 9.17) is 0 Å². The maximum atomic E-state index is 12.2. The van der Waals surface area contributed by atoms with Crippen molar-refractivity contribution < 1.29 is 8.78 Å². The number of hydrogen-bond donors (Lipinski definition) is 1. The number of hydrogen-bond acceptors (Lipinski definition) is 1. The lowest BCUT2D eigenvalue weighted by molar-refractivity contribution is 0.140. The van der Waals surface area contributed by atoms with Gasteiger partial charge in [-0.1, -0.05) is 50.1 Å². The molecule has 0 radical (unpaired) electrons. The third kappa shape index (κ3) is 4.71. The van der Waals surface area contributed by atoms with Gasteiger partial charge in [-0.3, -0.25) is 0 Å². The van der Waals surface area contributed by atoms with Gasteiger partial charge < -0.3 is 5.32 Å². The molecule has 0 aliphatic carbocycles. The normalized spacial score (nSPS) is 13.0. The van der Waals surface area contributed by atoms with E-state index < -0.39 is 6.43 Å². The number of rotatable bonds is 7. The quantitative estimate of drug-likeness (QED) is 0.747. The van der Waals surface area contributed by atoms with Crippen molar-refractivity contribution in [2.45, 2.75) is 38.7 Å². The fourth-order valence-corrected chi connectivity index (χ4v) is 1.71. The van der Waals surface area contributed by atoms with E-state index in [0.29, 0.717) is 0 Å². The zero-order chi connectivity index (χ0) is 11.8. The first-order valence-corrected chi connectivity index (χ1v) is 5.80. The summed E-state index contributed by atoms with van der Waals surface area (Å²) in [4.78, 5) is 0. The molecule has 1 atom stereocenters. The molecule has 0 saturated heterocycles. The van der Waals surface area contributed by atoms with Gasteiger partial charge in [-0.2, -0.15) is 0 Å². The van der Waals surface area contributed by atoms with Gasteiger partial charge in [0.05, 0.1) is 6.54 Å². The highest BCUT2D eigenvalue weighted by Crippen LogP contribution is 2.19. The molecule has 16 heavy (non-hydrogen) atoms. The molecule has 0 heterocycles. The monoisotopic (exact) mass is 227 g/mol. The molecule has 0 saturated carbocycles. The first-order chi connectivity index (χ1) is 7.74. The van der Waals surface area contributed by atoms with Crippen LogP contribution in [-0.2, 0) is 0 Å². The van der Waals surface area contributed by atoms with Gasteiger partial charge in [0.1, 0.15) is 0 Å². The lowest BCUT2D eigenvalue weighted by atomic mass is 10.0. The molecule has 1 N–H and O–H groups in total. The number of unbranched alkanes of at least 4 members (excludes halogenated alkanes) is 1. The van der Waals surface area contributed by atoms with Crippen molar-refractivity contribution in [2.75, 3.05) is 6.54 Å². The van der Waals surface area contributed by atoms with Crippen LogP contribution in [0.5, 0.6) is 0 Å². The number of benzene rings is 1. The average molecular weight is 227 g/mol. The second-order valence-corrected chi connectivity index (χ2v) is 3.90. The molecule has 3 heteroatoms. The summed E-state index contributed by atoms with van der Waals surface area (Å²) in [5.74, 6) is 0. The minimum atomic E-state index is -2.28. The molecule has 1 rings (SSSR count). The Hall–Kier alpha value is -0.960. The first kappa shape index (κ1) is 13.1. The van der Waals surface area contributed by atoms with E-state index in [0.717, 1.165) is 24.8 Å². The molecule has 0 bridgehead atoms. The van der Waals surface area contributed by atoms with Crippen molar-refractivity contribution in [3.63, 3.8) is 0 Å². The predicted octanol–water partition coefficient (Wildman–Crippen LogP) is 3.77. The Labute approximate surface area is 95.9 Å². The molecule has 1 aromatic rings. The zero-order valence-electron chi connectivity index (χ0n) is 9.63. The molecule has 0 aliphatic heterocycles. The van der Waals surface area contributed by atoms with Gasteiger partial charge in [0.2, 0.25) is 0 Å². The van der Waals surface area contributed by atoms with Crippen LogP contribution in [0.1, 0.15) is 37.8 Å². The molecular formula is C13H19F2N. The van der Waals surface area contributed by atoms with Crippen LogP contribution in [0.2, 0.25) is 0 Å². The third-order valence-electron chi connectivity index (χ3n) is 2.57. The van der Waals surface area contributed by atoms with Crippen LogP contribution in [0.3, 0.4) is 0 Å². The summed E-state index contributed by atoms with van der Waals surface area (Å²) in [7, 11) is 0. The Balaban J connectivity index is 2.56. The van der Waals surface area contributed by atoms with Gasteiger partial charge in [-0.15, -0.1) is 0 Å². The second kappa shape index (κ2) is 7.34. The standard InChI is InChI=1S/C13H19F2N/c1-2-3-9-12(16-10-13(14)15)11-7-5-4-6-8-11/h4-8,12-13,16H,2-3,9-10H2,1H3. The van der Waals surface area contributed by atoms with E-state index in [1.165, 1.54) is 0 Å². The van der Waals surface area contributed by atoms with Gasteiger partial charge in [0, 0.05) is 6.04 Å². The summed E-state index contributed by atoms with van der Waals surface area (Å²) in [5, 5.41) is 2.92. The lowest BCUT2D eigenvalue weighted by Gasteiger charge is -2.18. The summed E-state index contributed by atoms with van der Waals surface area (Å²) in [6.45, 7) is 1.87. The number of alkyl halides is 2. The Kier molecular flexibility index (Phi) is 6.01. The molecular weight excluding hydrogens is 208 g/mol. The van der Waals surface area contributed by atoms with Crippen LogP contribution in [0.15, 0.2) is 30.3 Å². The minimum absolute atomic E-state index is 0.0511. The van der Waals surface area contributed by atoms with E-state index in [9.17, 15) is 8.78 Å².